The summed E-state index contributed by atoms with van der Waals surface area (Å²) in [6, 6.07) is -6.07. The number of carbonyl (C=O) groups excluding carboxylic acids is 3. The number of unbranched alkanes of at least 4 members (excludes halogenated alkanes) is 4. The SMILES string of the molecule is NC(Cc1cn(CCCC[C@H](NC(=O)CCCCCC(=O)NCCCC[C@H](NC(=O)N[C@@H](CCC(=O)O)C(=O)O)C(=O)O)C(=O)O)nn1)C(=O)O.[99Tc].[OH-].[OH-]. The zero-order chi connectivity index (χ0) is 38.3. The topological polar surface area (TPSA) is 403 Å². The van der Waals surface area contributed by atoms with Crippen molar-refractivity contribution in [2.75, 3.05) is 6.54 Å². The third kappa shape index (κ3) is 24.5. The van der Waals surface area contributed by atoms with Gasteiger partial charge in [0.2, 0.25) is 11.8 Å². The van der Waals surface area contributed by atoms with Crippen LogP contribution in [0.3, 0.4) is 0 Å². The average Bonchev–Trinajstić information content (AvgIpc) is 3.49. The number of hydrogen-bond donors (Lipinski definition) is 10. The molecule has 1 aromatic rings. The first-order valence-corrected chi connectivity index (χ1v) is 16.5. The van der Waals surface area contributed by atoms with Crippen molar-refractivity contribution in [2.45, 2.75) is 121 Å². The smallest absolute Gasteiger partial charge is 0.326 e. The van der Waals surface area contributed by atoms with Crippen LogP contribution in [-0.4, -0.2) is 130 Å². The molecule has 1 rings (SSSR count). The molecule has 0 spiro atoms. The first kappa shape index (κ1) is 53.6. The minimum Gasteiger partial charge on any atom is -0.870 e. The molecule has 309 valence electrons. The number of hydrogen-bond acceptors (Lipinski definition) is 13. The molecule has 0 aliphatic rings. The number of nitrogens with zero attached hydrogens (tertiary/aromatic N) is 3. The van der Waals surface area contributed by atoms with E-state index in [9.17, 15) is 48.6 Å². The van der Waals surface area contributed by atoms with Crippen molar-refractivity contribution in [1.29, 1.82) is 0 Å². The van der Waals surface area contributed by atoms with Crippen molar-refractivity contribution in [2.24, 2.45) is 5.73 Å². The fourth-order valence-electron chi connectivity index (χ4n) is 4.68. The zero-order valence-electron chi connectivity index (χ0n) is 29.4. The molecule has 0 aliphatic heterocycles. The van der Waals surface area contributed by atoms with E-state index in [-0.39, 0.29) is 82.0 Å². The maximum Gasteiger partial charge on any atom is 0.326 e. The van der Waals surface area contributed by atoms with Gasteiger partial charge in [-0.05, 0) is 57.8 Å². The number of aliphatic carboxylic acids is 5. The number of urea groups is 1. The molecule has 0 bridgehead atoms. The molecule has 1 aromatic heterocycles. The van der Waals surface area contributed by atoms with Gasteiger partial charge in [0.1, 0.15) is 24.2 Å². The number of nitrogens with two attached hydrogens (primary N) is 1. The van der Waals surface area contributed by atoms with Crippen LogP contribution >= 0.6 is 0 Å². The summed E-state index contributed by atoms with van der Waals surface area (Å²) >= 11 is 0. The number of carboxylic acids is 5. The summed E-state index contributed by atoms with van der Waals surface area (Å²) in [5.74, 6) is -7.04. The maximum absolute atomic E-state index is 12.3. The van der Waals surface area contributed by atoms with E-state index in [1.54, 1.807) is 6.20 Å². The summed E-state index contributed by atoms with van der Waals surface area (Å²) in [7, 11) is 0. The number of aryl methyl sites for hydroxylation is 1. The molecule has 4 amide bonds. The molecule has 54 heavy (non-hydrogen) atoms. The molecule has 24 heteroatoms. The van der Waals surface area contributed by atoms with E-state index in [4.69, 9.17) is 21.1 Å². The summed E-state index contributed by atoms with van der Waals surface area (Å²) in [6.07, 6.45) is 4.36. The fraction of sp³-hybridized carbons (Fsp3) is 0.667. The van der Waals surface area contributed by atoms with Gasteiger partial charge in [-0.3, -0.25) is 23.9 Å². The van der Waals surface area contributed by atoms with Gasteiger partial charge in [-0.1, -0.05) is 11.6 Å². The summed E-state index contributed by atoms with van der Waals surface area (Å²) in [5, 5.41) is 62.7. The van der Waals surface area contributed by atoms with Crippen LogP contribution in [0.25, 0.3) is 0 Å². The van der Waals surface area contributed by atoms with Crippen molar-refractivity contribution >= 4 is 47.7 Å². The van der Waals surface area contributed by atoms with E-state index in [0.717, 1.165) is 0 Å². The number of carbonyl (C=O) groups is 8. The van der Waals surface area contributed by atoms with Crippen molar-refractivity contribution in [3.8, 4) is 0 Å². The largest absolute Gasteiger partial charge is 0.870 e. The molecule has 1 radical (unpaired) electrons. The number of carboxylic acid groups (broad SMARTS) is 5. The Hall–Kier alpha value is -4.77. The summed E-state index contributed by atoms with van der Waals surface area (Å²) in [4.78, 5) is 92.3. The molecule has 0 aliphatic carbocycles. The molecule has 1 heterocycles. The van der Waals surface area contributed by atoms with Crippen LogP contribution in [-0.2, 0) is 66.6 Å². The quantitative estimate of drug-likeness (QED) is 0.0448. The van der Waals surface area contributed by atoms with Crippen LogP contribution < -0.4 is 27.0 Å². The number of amides is 4. The van der Waals surface area contributed by atoms with Gasteiger partial charge in [-0.25, -0.2) is 19.2 Å². The minimum atomic E-state index is -1.51. The van der Waals surface area contributed by atoms with Crippen LogP contribution in [0.2, 0.25) is 0 Å². The number of rotatable bonds is 28. The Balaban J connectivity index is -0.00000867. The normalized spacial score (nSPS) is 12.5. The van der Waals surface area contributed by atoms with Crippen LogP contribution in [0.1, 0.15) is 89.2 Å². The Bertz CT molecular complexity index is 1350. The van der Waals surface area contributed by atoms with Gasteiger partial charge in [0.05, 0.1) is 5.69 Å². The molecule has 0 saturated heterocycles. The maximum atomic E-state index is 12.3. The Morgan fingerprint density at radius 2 is 1.17 bits per heavy atom. The molecule has 1 unspecified atom stereocenters. The minimum absolute atomic E-state index is 0. The Morgan fingerprint density at radius 3 is 1.70 bits per heavy atom. The zero-order valence-corrected chi connectivity index (χ0v) is 31.3. The van der Waals surface area contributed by atoms with Crippen molar-refractivity contribution in [3.63, 3.8) is 0 Å². The molecular weight excluding hydrogens is 811 g/mol. The summed E-state index contributed by atoms with van der Waals surface area (Å²) < 4.78 is 1.51. The van der Waals surface area contributed by atoms with E-state index in [0.29, 0.717) is 57.2 Å². The Morgan fingerprint density at radius 1 is 0.648 bits per heavy atom. The summed E-state index contributed by atoms with van der Waals surface area (Å²) in [5.41, 5.74) is 5.91. The van der Waals surface area contributed by atoms with Crippen molar-refractivity contribution in [1.82, 2.24) is 36.3 Å². The predicted molar refractivity (Wildman–Crippen MR) is 178 cm³/mol. The van der Waals surface area contributed by atoms with E-state index >= 15 is 0 Å². The van der Waals surface area contributed by atoms with Gasteiger partial charge in [0.15, 0.2) is 0 Å². The van der Waals surface area contributed by atoms with E-state index in [2.05, 4.69) is 26.3 Å². The predicted octanol–water partition coefficient (Wildman–Crippen LogP) is -1.08. The third-order valence-corrected chi connectivity index (χ3v) is 7.50. The number of nitrogens with one attached hydrogen (secondary N) is 4. The first-order chi connectivity index (χ1) is 24.1. The monoisotopic (exact) mass is 861 g/mol. The Labute approximate surface area is 323 Å². The molecular formula is C30H50N8O15Tc-2. The fourth-order valence-corrected chi connectivity index (χ4v) is 4.68. The van der Waals surface area contributed by atoms with E-state index in [1.807, 2.05) is 5.32 Å². The molecule has 0 fully saturated rings. The molecule has 13 N–H and O–H groups in total. The van der Waals surface area contributed by atoms with Crippen LogP contribution in [0.4, 0.5) is 4.79 Å². The van der Waals surface area contributed by atoms with E-state index < -0.39 is 72.4 Å². The summed E-state index contributed by atoms with van der Waals surface area (Å²) in [6.45, 7) is 0.664. The second kappa shape index (κ2) is 29.7. The molecule has 0 aromatic carbocycles. The van der Waals surface area contributed by atoms with Gasteiger partial charge in [0.25, 0.3) is 0 Å². The van der Waals surface area contributed by atoms with Gasteiger partial charge < -0.3 is 63.5 Å². The Kier molecular flexibility index (Phi) is 29.4. The first-order valence-electron chi connectivity index (χ1n) is 16.5. The second-order valence-corrected chi connectivity index (χ2v) is 11.8. The molecule has 4 atom stereocenters. The van der Waals surface area contributed by atoms with Gasteiger partial charge in [0, 0.05) is 65.1 Å². The van der Waals surface area contributed by atoms with Crippen LogP contribution in [0, 0.1) is 0 Å². The van der Waals surface area contributed by atoms with Gasteiger partial charge in [-0.2, -0.15) is 0 Å². The molecule has 23 nitrogen and oxygen atoms in total. The van der Waals surface area contributed by atoms with Gasteiger partial charge >= 0.3 is 35.9 Å². The standard InChI is InChI=1S/C30H48N8O13.2H2O.Tc/c31-19(26(43)44)16-18-17-38(37-36-18)15-7-5-9-20(27(45)46)33-24(40)11-3-1-2-10-23(39)32-14-6-4-8-21(28(47)48)34-30(51)35-22(29(49)50)12-13-25(41)42;;;/h17,19-22H,1-16,31H2,(H,32,39)(H,33,40)(H,41,42)(H,43,44)(H,45,46)(H,47,48)(H,49,50)(H2,34,35,51);2*1H2;/p-2/t19?,20-,21-,22-;;;/m0.../s1/i;;;1+1. The van der Waals surface area contributed by atoms with Crippen molar-refractivity contribution in [3.05, 3.63) is 11.9 Å². The molecule has 0 saturated carbocycles. The second-order valence-electron chi connectivity index (χ2n) is 11.8. The average molecular weight is 862 g/mol. The van der Waals surface area contributed by atoms with Gasteiger partial charge in [-0.15, -0.1) is 5.10 Å². The van der Waals surface area contributed by atoms with Crippen molar-refractivity contribution < 1.29 is 94.9 Å². The van der Waals surface area contributed by atoms with Crippen LogP contribution in [0.15, 0.2) is 6.20 Å². The number of aromatic nitrogens is 3. The van der Waals surface area contributed by atoms with Crippen LogP contribution in [0.5, 0.6) is 0 Å². The third-order valence-electron chi connectivity index (χ3n) is 7.50. The van der Waals surface area contributed by atoms with E-state index in [1.165, 1.54) is 4.68 Å².